The predicted octanol–water partition coefficient (Wildman–Crippen LogP) is 2.58. The fourth-order valence-electron chi connectivity index (χ4n) is 3.03. The Bertz CT molecular complexity index is 807. The first kappa shape index (κ1) is 18.3. The van der Waals surface area contributed by atoms with Crippen LogP contribution in [0.25, 0.3) is 0 Å². The summed E-state index contributed by atoms with van der Waals surface area (Å²) in [5.74, 6) is -1.37. The van der Waals surface area contributed by atoms with Crippen molar-refractivity contribution in [2.75, 3.05) is 11.9 Å². The Kier molecular flexibility index (Phi) is 5.20. The summed E-state index contributed by atoms with van der Waals surface area (Å²) in [6.07, 6.45) is 0.0684. The number of aliphatic hydroxyl groups is 1. The number of ether oxygens (including phenoxy) is 1. The molecule has 0 unspecified atom stereocenters. The smallest absolute Gasteiger partial charge is 0.232 e. The van der Waals surface area contributed by atoms with Crippen molar-refractivity contribution in [1.82, 2.24) is 0 Å². The summed E-state index contributed by atoms with van der Waals surface area (Å²) in [7, 11) is 0. The van der Waals surface area contributed by atoms with Crippen LogP contribution in [0.2, 0.25) is 0 Å². The number of carbonyl (C=O) groups excluding carboxylic acids is 1. The van der Waals surface area contributed by atoms with E-state index in [0.717, 1.165) is 6.07 Å². The van der Waals surface area contributed by atoms with Gasteiger partial charge in [-0.3, -0.25) is 4.79 Å². The van der Waals surface area contributed by atoms with Crippen molar-refractivity contribution in [3.8, 4) is 5.75 Å². The highest BCUT2D eigenvalue weighted by Gasteiger charge is 2.48. The zero-order valence-corrected chi connectivity index (χ0v) is 14.0. The monoisotopic (exact) mass is 362 g/mol. The van der Waals surface area contributed by atoms with Crippen LogP contribution in [0.3, 0.4) is 0 Å². The molecule has 0 saturated heterocycles. The normalized spacial score (nSPS) is 21.8. The van der Waals surface area contributed by atoms with Gasteiger partial charge in [-0.2, -0.15) is 0 Å². The Morgan fingerprint density at radius 2 is 2.04 bits per heavy atom. The van der Waals surface area contributed by atoms with E-state index in [1.807, 2.05) is 0 Å². The van der Waals surface area contributed by atoms with Crippen LogP contribution in [0.5, 0.6) is 5.75 Å². The standard InChI is InChI=1S/C19H20F2N2O3/c20-13-3-1-2-12(6-13)10-26-17-5-4-14(7-16(17)21)23-18(25)19(11-22)8-15(24)9-19/h1-7,15,24H,8-11,22H2,(H,23,25). The van der Waals surface area contributed by atoms with Crippen molar-refractivity contribution in [2.45, 2.75) is 25.6 Å². The van der Waals surface area contributed by atoms with E-state index in [4.69, 9.17) is 10.5 Å². The number of nitrogens with two attached hydrogens (primary N) is 1. The summed E-state index contributed by atoms with van der Waals surface area (Å²) < 4.78 is 32.7. The van der Waals surface area contributed by atoms with Crippen molar-refractivity contribution in [3.05, 3.63) is 59.7 Å². The summed E-state index contributed by atoms with van der Waals surface area (Å²) >= 11 is 0. The zero-order chi connectivity index (χ0) is 18.7. The molecule has 1 saturated carbocycles. The fraction of sp³-hybridized carbons (Fsp3) is 0.316. The molecule has 0 bridgehead atoms. The second-order valence-electron chi connectivity index (χ2n) is 6.56. The summed E-state index contributed by atoms with van der Waals surface area (Å²) in [6, 6.07) is 9.92. The first-order chi connectivity index (χ1) is 12.4. The van der Waals surface area contributed by atoms with Gasteiger partial charge in [0.25, 0.3) is 0 Å². The number of nitrogens with one attached hydrogen (secondary N) is 1. The molecule has 1 amide bonds. The fourth-order valence-corrected chi connectivity index (χ4v) is 3.03. The Morgan fingerprint density at radius 3 is 2.65 bits per heavy atom. The molecule has 0 heterocycles. The van der Waals surface area contributed by atoms with Crippen molar-refractivity contribution in [1.29, 1.82) is 0 Å². The van der Waals surface area contributed by atoms with E-state index in [9.17, 15) is 18.7 Å². The van der Waals surface area contributed by atoms with E-state index >= 15 is 0 Å². The van der Waals surface area contributed by atoms with Crippen LogP contribution in [0.1, 0.15) is 18.4 Å². The van der Waals surface area contributed by atoms with Gasteiger partial charge in [-0.25, -0.2) is 8.78 Å². The Hall–Kier alpha value is -2.51. The second-order valence-corrected chi connectivity index (χ2v) is 6.56. The minimum Gasteiger partial charge on any atom is -0.486 e. The van der Waals surface area contributed by atoms with E-state index in [0.29, 0.717) is 18.4 Å². The Balaban J connectivity index is 1.63. The quantitative estimate of drug-likeness (QED) is 0.737. The van der Waals surface area contributed by atoms with Gasteiger partial charge < -0.3 is 20.9 Å². The lowest BCUT2D eigenvalue weighted by atomic mass is 9.66. The Labute approximate surface area is 149 Å². The molecular weight excluding hydrogens is 342 g/mol. The average Bonchev–Trinajstić information content (AvgIpc) is 2.58. The van der Waals surface area contributed by atoms with E-state index in [-0.39, 0.29) is 36.3 Å². The van der Waals surface area contributed by atoms with Crippen LogP contribution < -0.4 is 15.8 Å². The highest BCUT2D eigenvalue weighted by molar-refractivity contribution is 5.96. The summed E-state index contributed by atoms with van der Waals surface area (Å²) in [5.41, 5.74) is 5.71. The summed E-state index contributed by atoms with van der Waals surface area (Å²) in [4.78, 5) is 12.3. The summed E-state index contributed by atoms with van der Waals surface area (Å²) in [5, 5.41) is 12.1. The molecule has 5 nitrogen and oxygen atoms in total. The number of benzene rings is 2. The van der Waals surface area contributed by atoms with Gasteiger partial charge in [0.2, 0.25) is 5.91 Å². The van der Waals surface area contributed by atoms with Crippen molar-refractivity contribution in [3.63, 3.8) is 0 Å². The van der Waals surface area contributed by atoms with Gasteiger partial charge in [0.05, 0.1) is 11.5 Å². The van der Waals surface area contributed by atoms with Crippen molar-refractivity contribution >= 4 is 11.6 Å². The van der Waals surface area contributed by atoms with Gasteiger partial charge in [0.1, 0.15) is 12.4 Å². The maximum absolute atomic E-state index is 14.2. The molecule has 1 fully saturated rings. The number of halogens is 2. The molecule has 7 heteroatoms. The molecule has 138 valence electrons. The molecule has 1 aliphatic carbocycles. The Morgan fingerprint density at radius 1 is 1.27 bits per heavy atom. The van der Waals surface area contributed by atoms with Crippen LogP contribution in [0.4, 0.5) is 14.5 Å². The lowest BCUT2D eigenvalue weighted by molar-refractivity contribution is -0.137. The molecule has 0 aromatic heterocycles. The van der Waals surface area contributed by atoms with Gasteiger partial charge in [0, 0.05) is 18.3 Å². The van der Waals surface area contributed by atoms with Crippen LogP contribution in [0, 0.1) is 17.0 Å². The van der Waals surface area contributed by atoms with Crippen LogP contribution in [0.15, 0.2) is 42.5 Å². The lowest BCUT2D eigenvalue weighted by Crippen LogP contribution is -2.53. The van der Waals surface area contributed by atoms with Crippen molar-refractivity contribution < 1.29 is 23.4 Å². The molecule has 4 N–H and O–H groups in total. The van der Waals surface area contributed by atoms with Crippen molar-refractivity contribution in [2.24, 2.45) is 11.1 Å². The number of hydrogen-bond acceptors (Lipinski definition) is 4. The minimum absolute atomic E-state index is 0.000125. The molecular formula is C19H20F2N2O3. The highest BCUT2D eigenvalue weighted by atomic mass is 19.1. The third-order valence-electron chi connectivity index (χ3n) is 4.60. The number of amides is 1. The largest absolute Gasteiger partial charge is 0.486 e. The van der Waals surface area contributed by atoms with Gasteiger partial charge in [0.15, 0.2) is 11.6 Å². The molecule has 1 aliphatic rings. The molecule has 0 spiro atoms. The van der Waals surface area contributed by atoms with Crippen LogP contribution in [-0.2, 0) is 11.4 Å². The van der Waals surface area contributed by atoms with Gasteiger partial charge in [-0.1, -0.05) is 12.1 Å². The molecule has 0 atom stereocenters. The van der Waals surface area contributed by atoms with Gasteiger partial charge >= 0.3 is 0 Å². The molecule has 0 aliphatic heterocycles. The molecule has 0 radical (unpaired) electrons. The number of carbonyl (C=O) groups is 1. The number of anilines is 1. The minimum atomic E-state index is -0.803. The average molecular weight is 362 g/mol. The first-order valence-electron chi connectivity index (χ1n) is 8.28. The topological polar surface area (TPSA) is 84.6 Å². The zero-order valence-electron chi connectivity index (χ0n) is 14.0. The lowest BCUT2D eigenvalue weighted by Gasteiger charge is -2.42. The van der Waals surface area contributed by atoms with Gasteiger partial charge in [-0.15, -0.1) is 0 Å². The molecule has 2 aromatic carbocycles. The maximum atomic E-state index is 14.2. The van der Waals surface area contributed by atoms with E-state index < -0.39 is 17.3 Å². The number of rotatable bonds is 6. The van der Waals surface area contributed by atoms with E-state index in [1.54, 1.807) is 12.1 Å². The van der Waals surface area contributed by atoms with Crippen LogP contribution in [-0.4, -0.2) is 23.7 Å². The number of hydrogen-bond donors (Lipinski definition) is 3. The maximum Gasteiger partial charge on any atom is 0.232 e. The van der Waals surface area contributed by atoms with Gasteiger partial charge in [-0.05, 0) is 42.7 Å². The second kappa shape index (κ2) is 7.39. The van der Waals surface area contributed by atoms with Crippen LogP contribution >= 0.6 is 0 Å². The third-order valence-corrected chi connectivity index (χ3v) is 4.60. The first-order valence-corrected chi connectivity index (χ1v) is 8.28. The summed E-state index contributed by atoms with van der Waals surface area (Å²) in [6.45, 7) is 0.141. The highest BCUT2D eigenvalue weighted by Crippen LogP contribution is 2.41. The molecule has 3 rings (SSSR count). The molecule has 2 aromatic rings. The predicted molar refractivity (Wildman–Crippen MR) is 92.5 cm³/mol. The van der Waals surface area contributed by atoms with E-state index in [2.05, 4.69) is 5.32 Å². The third kappa shape index (κ3) is 3.84. The van der Waals surface area contributed by atoms with E-state index in [1.165, 1.54) is 24.3 Å². The number of aliphatic hydroxyl groups excluding tert-OH is 1. The molecule has 26 heavy (non-hydrogen) atoms. The SMILES string of the molecule is NCC1(C(=O)Nc2ccc(OCc3cccc(F)c3)c(F)c2)CC(O)C1.